The number of hydrogen-bond donors (Lipinski definition) is 0. The summed E-state index contributed by atoms with van der Waals surface area (Å²) in [6.07, 6.45) is 6.50. The Morgan fingerprint density at radius 1 is 0.339 bits per heavy atom. The summed E-state index contributed by atoms with van der Waals surface area (Å²) in [7, 11) is 0. The van der Waals surface area contributed by atoms with Crippen LogP contribution >= 0.6 is 0 Å². The highest BCUT2D eigenvalue weighted by Crippen LogP contribution is 2.50. The fourth-order valence-corrected chi connectivity index (χ4v) is 10.7. The summed E-state index contributed by atoms with van der Waals surface area (Å²) < 4.78 is 0. The van der Waals surface area contributed by atoms with Gasteiger partial charge in [-0.05, 0) is 135 Å². The van der Waals surface area contributed by atoms with E-state index in [2.05, 4.69) is 184 Å². The van der Waals surface area contributed by atoms with Crippen molar-refractivity contribution in [2.75, 3.05) is 0 Å². The molecule has 1 aliphatic rings. The molecule has 0 bridgehead atoms. The van der Waals surface area contributed by atoms with Gasteiger partial charge in [0.05, 0.1) is 0 Å². The van der Waals surface area contributed by atoms with Crippen LogP contribution in [0.3, 0.4) is 0 Å². The maximum atomic E-state index is 15.2. The minimum absolute atomic E-state index is 0.136. The average molecular weight is 759 g/mol. The molecule has 0 N–H and O–H groups in total. The lowest BCUT2D eigenvalue weighted by Gasteiger charge is -2.41. The van der Waals surface area contributed by atoms with Crippen LogP contribution < -0.4 is 0 Å². The standard InChI is InChI=1S/C58H46O/c1-3-5-31-58(32-6-4-2)55-29-25-39(37-23-27-49-45-19-9-7-15-41(45)43-17-11-13-21-47(43)51(49)33-37)35-53(55)57(59)54-36-40(26-30-56(54)58)38-24-28-50-46-20-10-8-16-42(46)44-18-12-14-22-48(44)52(50)34-38/h7-30,33-36H,3-6,31-32H2,1-2H3. The average Bonchev–Trinajstić information content (AvgIpc) is 3.31. The Balaban J connectivity index is 1.09. The van der Waals surface area contributed by atoms with Gasteiger partial charge in [-0.25, -0.2) is 0 Å². The Bertz CT molecular complexity index is 3040. The molecule has 0 atom stereocenters. The smallest absolute Gasteiger partial charge is 0.193 e. The topological polar surface area (TPSA) is 17.1 Å². The third kappa shape index (κ3) is 5.48. The SMILES string of the molecule is CCCCC1(CCCC)c2ccc(-c3ccc4c5ccccc5c5ccccc5c4c3)cc2C(=O)c2cc(-c3ccc4c5ccccc5c5ccccc5c4c3)ccc21. The number of benzene rings is 10. The number of carbonyl (C=O) groups is 1. The largest absolute Gasteiger partial charge is 0.289 e. The van der Waals surface area contributed by atoms with E-state index in [1.54, 1.807) is 0 Å². The zero-order valence-corrected chi connectivity index (χ0v) is 33.8. The molecule has 0 fully saturated rings. The van der Waals surface area contributed by atoms with Crippen LogP contribution in [0.15, 0.2) is 170 Å². The quantitative estimate of drug-likeness (QED) is 0.141. The maximum Gasteiger partial charge on any atom is 0.193 e. The number of carbonyl (C=O) groups excluding carboxylic acids is 1. The molecule has 1 heteroatoms. The summed E-state index contributed by atoms with van der Waals surface area (Å²) in [5, 5.41) is 15.1. The molecule has 0 amide bonds. The Morgan fingerprint density at radius 3 is 0.966 bits per heavy atom. The van der Waals surface area contributed by atoms with E-state index in [4.69, 9.17) is 0 Å². The maximum absolute atomic E-state index is 15.2. The molecule has 0 aliphatic heterocycles. The summed E-state index contributed by atoms with van der Waals surface area (Å²) in [6, 6.07) is 62.4. The first-order valence-corrected chi connectivity index (χ1v) is 21.6. The summed E-state index contributed by atoms with van der Waals surface area (Å²) >= 11 is 0. The van der Waals surface area contributed by atoms with Crippen LogP contribution in [0.25, 0.3) is 86.9 Å². The highest BCUT2D eigenvalue weighted by atomic mass is 16.1. The van der Waals surface area contributed by atoms with E-state index < -0.39 is 0 Å². The molecule has 1 nitrogen and oxygen atoms in total. The van der Waals surface area contributed by atoms with Crippen molar-refractivity contribution in [1.82, 2.24) is 0 Å². The lowest BCUT2D eigenvalue weighted by molar-refractivity contribution is 0.102. The Hall–Kier alpha value is -6.57. The van der Waals surface area contributed by atoms with Crippen molar-refractivity contribution in [3.8, 4) is 22.3 Å². The molecule has 284 valence electrons. The van der Waals surface area contributed by atoms with Gasteiger partial charge in [-0.3, -0.25) is 4.79 Å². The van der Waals surface area contributed by atoms with Crippen LogP contribution in [0.2, 0.25) is 0 Å². The van der Waals surface area contributed by atoms with Crippen molar-refractivity contribution < 1.29 is 4.79 Å². The normalized spacial score (nSPS) is 13.5. The van der Waals surface area contributed by atoms with E-state index in [1.807, 2.05) is 0 Å². The van der Waals surface area contributed by atoms with Crippen molar-refractivity contribution in [3.63, 3.8) is 0 Å². The highest BCUT2D eigenvalue weighted by molar-refractivity contribution is 6.27. The fourth-order valence-electron chi connectivity index (χ4n) is 10.7. The summed E-state index contributed by atoms with van der Waals surface area (Å²) in [5.41, 5.74) is 8.35. The zero-order chi connectivity index (χ0) is 39.7. The van der Waals surface area contributed by atoms with Crippen LogP contribution in [0.4, 0.5) is 0 Å². The van der Waals surface area contributed by atoms with Gasteiger partial charge in [0, 0.05) is 16.5 Å². The van der Waals surface area contributed by atoms with E-state index in [0.29, 0.717) is 0 Å². The lowest BCUT2D eigenvalue weighted by Crippen LogP contribution is -2.36. The molecule has 0 saturated heterocycles. The predicted molar refractivity (Wildman–Crippen MR) is 252 cm³/mol. The van der Waals surface area contributed by atoms with Crippen LogP contribution in [-0.4, -0.2) is 5.78 Å². The summed E-state index contributed by atoms with van der Waals surface area (Å²) in [6.45, 7) is 4.57. The molecule has 1 aliphatic carbocycles. The van der Waals surface area contributed by atoms with E-state index in [0.717, 1.165) is 71.9 Å². The monoisotopic (exact) mass is 758 g/mol. The van der Waals surface area contributed by atoms with Gasteiger partial charge in [0.25, 0.3) is 0 Å². The van der Waals surface area contributed by atoms with Crippen LogP contribution in [-0.2, 0) is 5.41 Å². The first-order valence-electron chi connectivity index (χ1n) is 21.6. The van der Waals surface area contributed by atoms with Crippen molar-refractivity contribution in [2.24, 2.45) is 0 Å². The Labute approximate surface area is 345 Å². The molecule has 0 unspecified atom stereocenters. The fraction of sp³-hybridized carbons (Fsp3) is 0.155. The third-order valence-electron chi connectivity index (χ3n) is 13.6. The van der Waals surface area contributed by atoms with Gasteiger partial charge in [-0.2, -0.15) is 0 Å². The minimum atomic E-state index is -0.224. The van der Waals surface area contributed by atoms with Gasteiger partial charge >= 0.3 is 0 Å². The van der Waals surface area contributed by atoms with E-state index in [1.165, 1.54) is 75.8 Å². The summed E-state index contributed by atoms with van der Waals surface area (Å²) in [5.74, 6) is 0.136. The second-order valence-electron chi connectivity index (χ2n) is 16.8. The van der Waals surface area contributed by atoms with E-state index >= 15 is 4.79 Å². The molecule has 10 aromatic carbocycles. The Kier molecular flexibility index (Phi) is 8.48. The first-order chi connectivity index (χ1) is 29.1. The predicted octanol–water partition coefficient (Wildman–Crippen LogP) is 16.2. The second-order valence-corrected chi connectivity index (χ2v) is 16.8. The molecule has 0 radical (unpaired) electrons. The van der Waals surface area contributed by atoms with Crippen molar-refractivity contribution in [2.45, 2.75) is 57.8 Å². The molecule has 10 aromatic rings. The van der Waals surface area contributed by atoms with Crippen molar-refractivity contribution in [1.29, 1.82) is 0 Å². The van der Waals surface area contributed by atoms with Crippen molar-refractivity contribution >= 4 is 70.4 Å². The summed E-state index contributed by atoms with van der Waals surface area (Å²) in [4.78, 5) is 15.2. The molecule has 0 aromatic heterocycles. The van der Waals surface area contributed by atoms with Crippen LogP contribution in [0, 0.1) is 0 Å². The number of ketones is 1. The molecule has 0 spiro atoms. The molecule has 11 rings (SSSR count). The number of unbranched alkanes of at least 4 members (excludes halogenated alkanes) is 2. The zero-order valence-electron chi connectivity index (χ0n) is 33.8. The molecule has 0 heterocycles. The van der Waals surface area contributed by atoms with Gasteiger partial charge in [-0.1, -0.05) is 185 Å². The number of rotatable bonds is 8. The van der Waals surface area contributed by atoms with Gasteiger partial charge < -0.3 is 0 Å². The molecular formula is C58H46O. The molecule has 59 heavy (non-hydrogen) atoms. The number of hydrogen-bond acceptors (Lipinski definition) is 1. The Morgan fingerprint density at radius 2 is 0.627 bits per heavy atom. The lowest BCUT2D eigenvalue weighted by atomic mass is 9.61. The van der Waals surface area contributed by atoms with E-state index in [9.17, 15) is 0 Å². The third-order valence-corrected chi connectivity index (χ3v) is 13.6. The first kappa shape index (κ1) is 35.6. The molecular weight excluding hydrogens is 713 g/mol. The van der Waals surface area contributed by atoms with Gasteiger partial charge in [0.1, 0.15) is 0 Å². The minimum Gasteiger partial charge on any atom is -0.289 e. The van der Waals surface area contributed by atoms with Crippen LogP contribution in [0.5, 0.6) is 0 Å². The van der Waals surface area contributed by atoms with Crippen LogP contribution in [0.1, 0.15) is 79.4 Å². The van der Waals surface area contributed by atoms with Gasteiger partial charge in [-0.15, -0.1) is 0 Å². The van der Waals surface area contributed by atoms with E-state index in [-0.39, 0.29) is 11.2 Å². The second kappa shape index (κ2) is 14.1. The van der Waals surface area contributed by atoms with Crippen molar-refractivity contribution in [3.05, 3.63) is 192 Å². The number of fused-ring (bicyclic) bond motifs is 14. The van der Waals surface area contributed by atoms with Gasteiger partial charge in [0.15, 0.2) is 5.78 Å². The molecule has 0 saturated carbocycles. The highest BCUT2D eigenvalue weighted by Gasteiger charge is 2.43. The van der Waals surface area contributed by atoms with Gasteiger partial charge in [0.2, 0.25) is 0 Å².